The number of likely N-dealkylation sites (tertiary alicyclic amines) is 1. The van der Waals surface area contributed by atoms with E-state index in [1.807, 2.05) is 26.0 Å². The maximum Gasteiger partial charge on any atom is 0.313 e. The molecule has 1 aromatic rings. The van der Waals surface area contributed by atoms with Crippen molar-refractivity contribution in [2.75, 3.05) is 24.6 Å². The van der Waals surface area contributed by atoms with Crippen molar-refractivity contribution in [3.63, 3.8) is 0 Å². The van der Waals surface area contributed by atoms with Crippen LogP contribution in [0.5, 0.6) is 0 Å². The minimum atomic E-state index is -1.41. The molecule has 3 amide bonds. The van der Waals surface area contributed by atoms with E-state index in [-0.39, 0.29) is 37.9 Å². The highest BCUT2D eigenvalue weighted by Gasteiger charge is 2.74. The third-order valence-corrected chi connectivity index (χ3v) is 9.22. The molecule has 4 heterocycles. The normalized spacial score (nSPS) is 33.8. The molecule has 5 rings (SSSR count). The first-order chi connectivity index (χ1) is 20.1. The minimum Gasteiger partial charge on any atom is -0.460 e. The zero-order valence-electron chi connectivity index (χ0n) is 24.1. The summed E-state index contributed by atoms with van der Waals surface area (Å²) in [5, 5.41) is 13.8. The van der Waals surface area contributed by atoms with E-state index in [1.165, 1.54) is 4.90 Å². The molecule has 5 bridgehead atoms. The summed E-state index contributed by atoms with van der Waals surface area (Å²) in [5.41, 5.74) is -0.856. The summed E-state index contributed by atoms with van der Waals surface area (Å²) in [4.78, 5) is 58.1. The molecular weight excluding hydrogens is 562 g/mol. The van der Waals surface area contributed by atoms with E-state index in [1.54, 1.807) is 48.2 Å². The second-order valence-electron chi connectivity index (χ2n) is 11.6. The summed E-state index contributed by atoms with van der Waals surface area (Å²) in [5.74, 6) is -3.76. The molecule has 8 atom stereocenters. The molecule has 42 heavy (non-hydrogen) atoms. The van der Waals surface area contributed by atoms with Crippen LogP contribution in [0.4, 0.5) is 5.69 Å². The van der Waals surface area contributed by atoms with Gasteiger partial charge in [-0.1, -0.05) is 56.2 Å². The van der Waals surface area contributed by atoms with E-state index in [0.29, 0.717) is 23.6 Å². The maximum atomic E-state index is 14.8. The van der Waals surface area contributed by atoms with Crippen molar-refractivity contribution in [1.29, 1.82) is 0 Å². The summed E-state index contributed by atoms with van der Waals surface area (Å²) in [7, 11) is 0. The first-order valence-electron chi connectivity index (χ1n) is 14.6. The van der Waals surface area contributed by atoms with Gasteiger partial charge in [-0.05, 0) is 43.5 Å². The van der Waals surface area contributed by atoms with Crippen LogP contribution in [0.25, 0.3) is 0 Å². The monoisotopic (exact) mass is 599 g/mol. The van der Waals surface area contributed by atoms with E-state index in [0.717, 1.165) is 0 Å². The Morgan fingerprint density at radius 3 is 2.57 bits per heavy atom. The lowest BCUT2D eigenvalue weighted by atomic mass is 9.74. The number of fused-ring (bicyclic) bond motifs is 2. The highest BCUT2D eigenvalue weighted by Crippen LogP contribution is 2.56. The van der Waals surface area contributed by atoms with Crippen molar-refractivity contribution in [3.8, 4) is 0 Å². The molecule has 1 spiro atoms. The van der Waals surface area contributed by atoms with Crippen molar-refractivity contribution in [3.05, 3.63) is 53.6 Å². The number of aliphatic hydroxyl groups is 1. The van der Waals surface area contributed by atoms with Gasteiger partial charge in [0, 0.05) is 23.7 Å². The summed E-state index contributed by atoms with van der Waals surface area (Å²) < 4.78 is 12.2. The van der Waals surface area contributed by atoms with Gasteiger partial charge in [0.2, 0.25) is 11.8 Å². The van der Waals surface area contributed by atoms with Crippen molar-refractivity contribution >= 4 is 41.0 Å². The second kappa shape index (κ2) is 12.2. The first-order valence-corrected chi connectivity index (χ1v) is 15.0. The Balaban J connectivity index is 1.64. The fourth-order valence-electron chi connectivity index (χ4n) is 6.60. The average molecular weight is 600 g/mol. The third kappa shape index (κ3) is 5.24. The van der Waals surface area contributed by atoms with Gasteiger partial charge >= 0.3 is 5.97 Å². The number of carbonyl (C=O) groups excluding carboxylic acids is 4. The van der Waals surface area contributed by atoms with Gasteiger partial charge in [-0.15, -0.1) is 0 Å². The Bertz CT molecular complexity index is 1280. The number of hydrogen-bond acceptors (Lipinski definition) is 7. The number of esters is 1. The first kappa shape index (κ1) is 30.3. The van der Waals surface area contributed by atoms with Gasteiger partial charge in [-0.3, -0.25) is 19.2 Å². The van der Waals surface area contributed by atoms with Crippen LogP contribution in [-0.2, 0) is 28.7 Å². The molecule has 4 aliphatic rings. The second-order valence-corrected chi connectivity index (χ2v) is 12.0. The molecule has 0 unspecified atom stereocenters. The lowest BCUT2D eigenvalue weighted by molar-refractivity contribution is -0.159. The zero-order chi connectivity index (χ0) is 30.2. The number of nitrogens with one attached hydrogen (secondary N) is 1. The number of ether oxygens (including phenoxy) is 2. The molecule has 2 saturated heterocycles. The van der Waals surface area contributed by atoms with Crippen LogP contribution in [-0.4, -0.2) is 83.3 Å². The number of aliphatic hydroxyl groups excluding tert-OH is 1. The molecule has 226 valence electrons. The average Bonchev–Trinajstić information content (AvgIpc) is 3.61. The summed E-state index contributed by atoms with van der Waals surface area (Å²) >= 11 is 6.15. The maximum absolute atomic E-state index is 14.8. The van der Waals surface area contributed by atoms with Crippen molar-refractivity contribution in [2.24, 2.45) is 17.8 Å². The number of amides is 3. The number of halogens is 1. The molecule has 0 aliphatic carbocycles. The molecule has 1 aromatic carbocycles. The molecule has 0 radical (unpaired) electrons. The lowest BCUT2D eigenvalue weighted by Gasteiger charge is -2.40. The number of anilines is 1. The third-order valence-electron chi connectivity index (χ3n) is 8.96. The van der Waals surface area contributed by atoms with Gasteiger partial charge in [0.15, 0.2) is 0 Å². The fourth-order valence-corrected chi connectivity index (χ4v) is 6.72. The van der Waals surface area contributed by atoms with E-state index in [2.05, 4.69) is 5.32 Å². The largest absolute Gasteiger partial charge is 0.460 e. The number of benzene rings is 1. The molecule has 2 fully saturated rings. The van der Waals surface area contributed by atoms with Crippen molar-refractivity contribution in [2.45, 2.75) is 69.9 Å². The van der Waals surface area contributed by atoms with Crippen molar-refractivity contribution < 1.29 is 33.8 Å². The van der Waals surface area contributed by atoms with Crippen molar-refractivity contribution in [1.82, 2.24) is 10.2 Å². The van der Waals surface area contributed by atoms with Crippen LogP contribution in [0.3, 0.4) is 0 Å². The van der Waals surface area contributed by atoms with Crippen LogP contribution in [0.1, 0.15) is 40.0 Å². The van der Waals surface area contributed by atoms with E-state index in [4.69, 9.17) is 21.1 Å². The van der Waals surface area contributed by atoms with Crippen LogP contribution >= 0.6 is 11.6 Å². The Labute approximate surface area is 250 Å². The molecule has 2 N–H and O–H groups in total. The van der Waals surface area contributed by atoms with Crippen LogP contribution in [0.15, 0.2) is 48.6 Å². The number of allylic oxidation sites excluding steroid dienone is 1. The highest BCUT2D eigenvalue weighted by molar-refractivity contribution is 6.30. The summed E-state index contributed by atoms with van der Waals surface area (Å²) in [6, 6.07) is 5.00. The predicted octanol–water partition coefficient (Wildman–Crippen LogP) is 2.63. The molecule has 10 nitrogen and oxygen atoms in total. The Morgan fingerprint density at radius 1 is 1.14 bits per heavy atom. The number of hydrogen-bond donors (Lipinski definition) is 2. The quantitative estimate of drug-likeness (QED) is 0.394. The number of cyclic esters (lactones) is 1. The van der Waals surface area contributed by atoms with Gasteiger partial charge in [0.05, 0.1) is 31.2 Å². The molecule has 0 saturated carbocycles. The summed E-state index contributed by atoms with van der Waals surface area (Å²) in [6.07, 6.45) is 7.07. The Morgan fingerprint density at radius 2 is 1.88 bits per heavy atom. The number of carbonyl (C=O) groups is 4. The van der Waals surface area contributed by atoms with Gasteiger partial charge in [-0.2, -0.15) is 0 Å². The summed E-state index contributed by atoms with van der Waals surface area (Å²) in [6.45, 7) is 5.49. The van der Waals surface area contributed by atoms with E-state index in [9.17, 15) is 24.3 Å². The predicted molar refractivity (Wildman–Crippen MR) is 155 cm³/mol. The minimum absolute atomic E-state index is 0.129. The lowest BCUT2D eigenvalue weighted by Crippen LogP contribution is -2.59. The number of nitrogens with zero attached hydrogens (tertiary/aromatic N) is 2. The van der Waals surface area contributed by atoms with Gasteiger partial charge < -0.3 is 29.7 Å². The number of rotatable bonds is 5. The van der Waals surface area contributed by atoms with Gasteiger partial charge in [0.25, 0.3) is 5.91 Å². The molecule has 4 aliphatic heterocycles. The standard InChI is InChI=1S/C31H38ClN3O7/c1-4-18(2)22(17-36)35-27-29(39)34(21-11-9-20(32)10-12-21)15-7-5-6-8-24(37)33-16-19(3)41-30(40)25-23-13-14-31(27,42-23)26(25)28(35)38/h5,7,9-14,18-19,22-23,25-27,36H,4,6,8,15-17H2,1-3H3,(H,33,37)/b7-5-/t18-,19-,22-,23+,25-,26-,27+,31-/m0/s1. The topological polar surface area (TPSA) is 125 Å². The van der Waals surface area contributed by atoms with Crippen LogP contribution in [0.2, 0.25) is 5.02 Å². The SMILES string of the molecule is CC[C@H](C)[C@H](CO)N1C(=O)[C@@H]2[C@H]3C(=O)O[C@@H](C)CNC(=O)CC/C=C\CN(c4ccc(Cl)cc4)C(=O)[C@@H]1[C@]21C=C[C@H]3O1. The van der Waals surface area contributed by atoms with Gasteiger partial charge in [-0.25, -0.2) is 0 Å². The van der Waals surface area contributed by atoms with E-state index >= 15 is 0 Å². The smallest absolute Gasteiger partial charge is 0.313 e. The molecular formula is C31H38ClN3O7. The van der Waals surface area contributed by atoms with Gasteiger partial charge in [0.1, 0.15) is 23.7 Å². The van der Waals surface area contributed by atoms with Crippen LogP contribution in [0, 0.1) is 17.8 Å². The zero-order valence-corrected chi connectivity index (χ0v) is 24.8. The highest BCUT2D eigenvalue weighted by atomic mass is 35.5. The fraction of sp³-hybridized carbons (Fsp3) is 0.548. The molecule has 11 heteroatoms. The van der Waals surface area contributed by atoms with Crippen LogP contribution < -0.4 is 10.2 Å². The van der Waals surface area contributed by atoms with E-state index < -0.39 is 59.5 Å². The Hall–Kier alpha value is -3.21. The molecule has 0 aromatic heterocycles. The Kier molecular flexibility index (Phi) is 8.78.